The molecule has 108 valence electrons. The molecule has 4 nitrogen and oxygen atoms in total. The van der Waals surface area contributed by atoms with Gasteiger partial charge >= 0.3 is 0 Å². The van der Waals surface area contributed by atoms with Crippen molar-refractivity contribution >= 4 is 15.9 Å². The lowest BCUT2D eigenvalue weighted by molar-refractivity contribution is 0.0547. The molecule has 5 heteroatoms. The van der Waals surface area contributed by atoms with Crippen molar-refractivity contribution < 1.29 is 4.74 Å². The molecule has 1 N–H and O–H groups in total. The van der Waals surface area contributed by atoms with Crippen LogP contribution in [-0.2, 0) is 24.2 Å². The molecule has 0 amide bonds. The molecule has 2 heterocycles. The highest BCUT2D eigenvalue weighted by Gasteiger charge is 2.16. The van der Waals surface area contributed by atoms with Gasteiger partial charge in [-0.25, -0.2) is 0 Å². The molecule has 1 aromatic heterocycles. The largest absolute Gasteiger partial charge is 0.381 e. The van der Waals surface area contributed by atoms with Gasteiger partial charge in [-0.2, -0.15) is 5.10 Å². The second-order valence-corrected chi connectivity index (χ2v) is 5.88. The first-order chi connectivity index (χ1) is 9.26. The third-order valence-electron chi connectivity index (χ3n) is 3.67. The first kappa shape index (κ1) is 15.0. The quantitative estimate of drug-likeness (QED) is 0.872. The van der Waals surface area contributed by atoms with E-state index < -0.39 is 0 Å². The Morgan fingerprint density at radius 3 is 2.95 bits per heavy atom. The summed E-state index contributed by atoms with van der Waals surface area (Å²) in [5, 5.41) is 8.17. The average Bonchev–Trinajstić information content (AvgIpc) is 2.76. The molecule has 1 saturated heterocycles. The Morgan fingerprint density at radius 1 is 1.47 bits per heavy atom. The Hall–Kier alpha value is -0.390. The zero-order valence-electron chi connectivity index (χ0n) is 11.9. The van der Waals surface area contributed by atoms with Crippen molar-refractivity contribution in [1.29, 1.82) is 0 Å². The minimum Gasteiger partial charge on any atom is -0.381 e. The SMILES string of the molecule is CCc1nn(CC)c(CNCC2CCCOC2)c1Br. The van der Waals surface area contributed by atoms with E-state index in [0.29, 0.717) is 5.92 Å². The van der Waals surface area contributed by atoms with Gasteiger partial charge in [-0.3, -0.25) is 4.68 Å². The summed E-state index contributed by atoms with van der Waals surface area (Å²) in [6.45, 7) is 8.94. The maximum absolute atomic E-state index is 5.51. The van der Waals surface area contributed by atoms with Crippen LogP contribution < -0.4 is 5.32 Å². The van der Waals surface area contributed by atoms with Crippen LogP contribution in [0, 0.1) is 5.92 Å². The second-order valence-electron chi connectivity index (χ2n) is 5.09. The molecule has 0 saturated carbocycles. The van der Waals surface area contributed by atoms with Gasteiger partial charge in [0.05, 0.1) is 22.5 Å². The van der Waals surface area contributed by atoms with Crippen molar-refractivity contribution in [3.05, 3.63) is 15.9 Å². The Bertz CT molecular complexity index is 400. The molecule has 1 atom stereocenters. The van der Waals surface area contributed by atoms with Gasteiger partial charge in [0.25, 0.3) is 0 Å². The van der Waals surface area contributed by atoms with Gasteiger partial charge in [-0.15, -0.1) is 0 Å². The number of halogens is 1. The van der Waals surface area contributed by atoms with E-state index in [-0.39, 0.29) is 0 Å². The summed E-state index contributed by atoms with van der Waals surface area (Å²) in [4.78, 5) is 0. The minimum atomic E-state index is 0.663. The Morgan fingerprint density at radius 2 is 2.32 bits per heavy atom. The first-order valence-corrected chi connectivity index (χ1v) is 8.08. The van der Waals surface area contributed by atoms with Crippen molar-refractivity contribution in [1.82, 2.24) is 15.1 Å². The third kappa shape index (κ3) is 3.80. The van der Waals surface area contributed by atoms with Crippen LogP contribution >= 0.6 is 15.9 Å². The van der Waals surface area contributed by atoms with Gasteiger partial charge in [-0.1, -0.05) is 6.92 Å². The molecule has 0 bridgehead atoms. The predicted octanol–water partition coefficient (Wildman–Crippen LogP) is 2.74. The van der Waals surface area contributed by atoms with Gasteiger partial charge in [-0.05, 0) is 48.0 Å². The number of rotatable bonds is 6. The highest BCUT2D eigenvalue weighted by atomic mass is 79.9. The summed E-state index contributed by atoms with van der Waals surface area (Å²) >= 11 is 3.68. The number of hydrogen-bond donors (Lipinski definition) is 1. The van der Waals surface area contributed by atoms with Crippen LogP contribution in [0.4, 0.5) is 0 Å². The average molecular weight is 330 g/mol. The second kappa shape index (κ2) is 7.41. The molecule has 0 spiro atoms. The summed E-state index contributed by atoms with van der Waals surface area (Å²) in [6.07, 6.45) is 3.45. The summed E-state index contributed by atoms with van der Waals surface area (Å²) in [5.41, 5.74) is 2.41. The predicted molar refractivity (Wildman–Crippen MR) is 80.2 cm³/mol. The van der Waals surface area contributed by atoms with Crippen molar-refractivity contribution in [3.63, 3.8) is 0 Å². The Labute approximate surface area is 124 Å². The number of nitrogens with one attached hydrogen (secondary N) is 1. The standard InChI is InChI=1S/C14H24BrN3O/c1-3-12-14(15)13(18(4-2)17-12)9-16-8-11-6-5-7-19-10-11/h11,16H,3-10H2,1-2H3. The number of nitrogens with zero attached hydrogens (tertiary/aromatic N) is 2. The van der Waals surface area contributed by atoms with Crippen molar-refractivity contribution in [2.45, 2.75) is 46.2 Å². The molecule has 1 unspecified atom stereocenters. The van der Waals surface area contributed by atoms with Crippen molar-refractivity contribution in [3.8, 4) is 0 Å². The molecule has 0 radical (unpaired) electrons. The summed E-state index contributed by atoms with van der Waals surface area (Å²) < 4.78 is 8.77. The fraction of sp³-hybridized carbons (Fsp3) is 0.786. The lowest BCUT2D eigenvalue weighted by atomic mass is 10.0. The molecule has 1 aliphatic heterocycles. The van der Waals surface area contributed by atoms with E-state index in [2.05, 4.69) is 44.9 Å². The molecule has 1 aromatic rings. The first-order valence-electron chi connectivity index (χ1n) is 7.28. The molecule has 19 heavy (non-hydrogen) atoms. The smallest absolute Gasteiger partial charge is 0.0767 e. The summed E-state index contributed by atoms with van der Waals surface area (Å²) in [7, 11) is 0. The Kier molecular flexibility index (Phi) is 5.85. The summed E-state index contributed by atoms with van der Waals surface area (Å²) in [6, 6.07) is 0. The van der Waals surface area contributed by atoms with E-state index in [1.54, 1.807) is 0 Å². The van der Waals surface area contributed by atoms with Crippen LogP contribution in [0.5, 0.6) is 0 Å². The summed E-state index contributed by atoms with van der Waals surface area (Å²) in [5.74, 6) is 0.663. The highest BCUT2D eigenvalue weighted by Crippen LogP contribution is 2.22. The molecule has 0 aromatic carbocycles. The molecule has 0 aliphatic carbocycles. The van der Waals surface area contributed by atoms with Crippen molar-refractivity contribution in [2.75, 3.05) is 19.8 Å². The molecular weight excluding hydrogens is 306 g/mol. The molecule has 1 fully saturated rings. The van der Waals surface area contributed by atoms with Gasteiger partial charge in [0.1, 0.15) is 0 Å². The van der Waals surface area contributed by atoms with E-state index in [4.69, 9.17) is 4.74 Å². The highest BCUT2D eigenvalue weighted by molar-refractivity contribution is 9.10. The van der Waals surface area contributed by atoms with E-state index in [1.807, 2.05) is 0 Å². The van der Waals surface area contributed by atoms with Crippen molar-refractivity contribution in [2.24, 2.45) is 5.92 Å². The zero-order chi connectivity index (χ0) is 13.7. The minimum absolute atomic E-state index is 0.663. The number of aryl methyl sites for hydroxylation is 2. The monoisotopic (exact) mass is 329 g/mol. The molecular formula is C14H24BrN3O. The lowest BCUT2D eigenvalue weighted by Crippen LogP contribution is -2.29. The maximum Gasteiger partial charge on any atom is 0.0767 e. The zero-order valence-corrected chi connectivity index (χ0v) is 13.5. The number of hydrogen-bond acceptors (Lipinski definition) is 3. The van der Waals surface area contributed by atoms with Crippen LogP contribution in [0.1, 0.15) is 38.1 Å². The van der Waals surface area contributed by atoms with E-state index in [1.165, 1.54) is 23.0 Å². The fourth-order valence-electron chi connectivity index (χ4n) is 2.55. The van der Waals surface area contributed by atoms with Gasteiger partial charge in [0.15, 0.2) is 0 Å². The molecule has 1 aliphatic rings. The normalized spacial score (nSPS) is 19.8. The topological polar surface area (TPSA) is 39.1 Å². The van der Waals surface area contributed by atoms with E-state index in [0.717, 1.165) is 45.0 Å². The van der Waals surface area contributed by atoms with Gasteiger partial charge in [0, 0.05) is 26.2 Å². The molecule has 2 rings (SSSR count). The number of aromatic nitrogens is 2. The van der Waals surface area contributed by atoms with Crippen LogP contribution in [-0.4, -0.2) is 29.5 Å². The Balaban J connectivity index is 1.89. The van der Waals surface area contributed by atoms with Crippen LogP contribution in [0.3, 0.4) is 0 Å². The maximum atomic E-state index is 5.51. The van der Waals surface area contributed by atoms with Crippen LogP contribution in [0.25, 0.3) is 0 Å². The van der Waals surface area contributed by atoms with E-state index >= 15 is 0 Å². The lowest BCUT2D eigenvalue weighted by Gasteiger charge is -2.22. The van der Waals surface area contributed by atoms with Gasteiger partial charge in [0.2, 0.25) is 0 Å². The van der Waals surface area contributed by atoms with Crippen LogP contribution in [0.15, 0.2) is 4.47 Å². The fourth-order valence-corrected chi connectivity index (χ4v) is 3.25. The third-order valence-corrected chi connectivity index (χ3v) is 4.59. The van der Waals surface area contributed by atoms with Crippen LogP contribution in [0.2, 0.25) is 0 Å². The van der Waals surface area contributed by atoms with Gasteiger partial charge < -0.3 is 10.1 Å². The van der Waals surface area contributed by atoms with E-state index in [9.17, 15) is 0 Å². The number of ether oxygens (including phenoxy) is 1.